The van der Waals surface area contributed by atoms with E-state index < -0.39 is 18.0 Å². The fourth-order valence-electron chi connectivity index (χ4n) is 3.87. The maximum absolute atomic E-state index is 13.0. The molecule has 0 spiro atoms. The Morgan fingerprint density at radius 2 is 1.85 bits per heavy atom. The van der Waals surface area contributed by atoms with E-state index in [0.717, 1.165) is 0 Å². The summed E-state index contributed by atoms with van der Waals surface area (Å²) in [7, 11) is 0. The molecule has 0 atom stereocenters. The van der Waals surface area contributed by atoms with Crippen molar-refractivity contribution in [2.75, 3.05) is 11.9 Å². The highest BCUT2D eigenvalue weighted by Crippen LogP contribution is 2.37. The average molecular weight is 517 g/mol. The van der Waals surface area contributed by atoms with Gasteiger partial charge in [-0.1, -0.05) is 23.2 Å². The van der Waals surface area contributed by atoms with E-state index in [1.807, 2.05) is 0 Å². The van der Waals surface area contributed by atoms with Crippen molar-refractivity contribution < 1.29 is 22.7 Å². The molecule has 182 valence electrons. The van der Waals surface area contributed by atoms with Gasteiger partial charge in [-0.05, 0) is 38.7 Å². The number of alkyl halides is 3. The van der Waals surface area contributed by atoms with E-state index in [1.165, 1.54) is 18.5 Å². The van der Waals surface area contributed by atoms with Gasteiger partial charge in [-0.15, -0.1) is 0 Å². The van der Waals surface area contributed by atoms with Crippen molar-refractivity contribution in [3.8, 4) is 5.88 Å². The molecule has 0 aliphatic heterocycles. The summed E-state index contributed by atoms with van der Waals surface area (Å²) in [5.41, 5.74) is 1.27. The minimum Gasteiger partial charge on any atom is -0.477 e. The zero-order valence-electron chi connectivity index (χ0n) is 18.0. The monoisotopic (exact) mass is 516 g/mol. The maximum Gasteiger partial charge on any atom is 0.391 e. The lowest BCUT2D eigenvalue weighted by Crippen LogP contribution is -2.40. The molecular formula is C21H21Cl2F3N6O2. The van der Waals surface area contributed by atoms with E-state index in [0.29, 0.717) is 16.9 Å². The maximum atomic E-state index is 13.0. The predicted octanol–water partition coefficient (Wildman–Crippen LogP) is 5.65. The molecule has 1 aliphatic carbocycles. The molecule has 0 bridgehead atoms. The van der Waals surface area contributed by atoms with Gasteiger partial charge in [0.2, 0.25) is 11.8 Å². The van der Waals surface area contributed by atoms with Gasteiger partial charge in [0, 0.05) is 18.4 Å². The number of ether oxygens (including phenoxy) is 1. The number of pyridine rings is 2. The summed E-state index contributed by atoms with van der Waals surface area (Å²) in [6.45, 7) is 2.01. The summed E-state index contributed by atoms with van der Waals surface area (Å²) in [4.78, 5) is 28.6. The third-order valence-corrected chi connectivity index (χ3v) is 6.16. The summed E-state index contributed by atoms with van der Waals surface area (Å²) in [5.74, 6) is -1.43. The van der Waals surface area contributed by atoms with Crippen molar-refractivity contribution in [2.45, 2.75) is 44.8 Å². The second-order valence-electron chi connectivity index (χ2n) is 7.89. The Hall–Kier alpha value is -2.79. The molecule has 3 N–H and O–H groups in total. The second-order valence-corrected chi connectivity index (χ2v) is 8.71. The molecule has 1 saturated carbocycles. The molecule has 0 radical (unpaired) electrons. The first-order valence-electron chi connectivity index (χ1n) is 10.6. The van der Waals surface area contributed by atoms with Crippen molar-refractivity contribution in [1.82, 2.24) is 25.3 Å². The summed E-state index contributed by atoms with van der Waals surface area (Å²) in [6, 6.07) is 1.16. The number of aromatic amines is 1. The fourth-order valence-corrected chi connectivity index (χ4v) is 4.33. The predicted molar refractivity (Wildman–Crippen MR) is 122 cm³/mol. The molecule has 0 unspecified atom stereocenters. The minimum absolute atomic E-state index is 0.0153. The van der Waals surface area contributed by atoms with Crippen molar-refractivity contribution in [1.29, 1.82) is 0 Å². The van der Waals surface area contributed by atoms with Gasteiger partial charge in [-0.2, -0.15) is 18.2 Å². The van der Waals surface area contributed by atoms with Crippen molar-refractivity contribution in [2.24, 2.45) is 5.92 Å². The van der Waals surface area contributed by atoms with Gasteiger partial charge in [-0.25, -0.2) is 4.98 Å². The Labute approximate surface area is 202 Å². The highest BCUT2D eigenvalue weighted by molar-refractivity contribution is 6.39. The molecule has 0 aromatic carbocycles. The molecule has 0 saturated heterocycles. The van der Waals surface area contributed by atoms with Crippen LogP contribution in [0.4, 0.5) is 24.8 Å². The van der Waals surface area contributed by atoms with E-state index >= 15 is 0 Å². The zero-order valence-corrected chi connectivity index (χ0v) is 19.5. The number of amides is 1. The number of H-pyrrole nitrogens is 1. The summed E-state index contributed by atoms with van der Waals surface area (Å²) >= 11 is 12.3. The Morgan fingerprint density at radius 3 is 2.47 bits per heavy atom. The van der Waals surface area contributed by atoms with Gasteiger partial charge < -0.3 is 20.4 Å². The van der Waals surface area contributed by atoms with Crippen LogP contribution in [-0.4, -0.2) is 44.7 Å². The first-order chi connectivity index (χ1) is 16.2. The number of hydrogen-bond donors (Lipinski definition) is 3. The van der Waals surface area contributed by atoms with E-state index in [1.54, 1.807) is 6.92 Å². The van der Waals surface area contributed by atoms with Gasteiger partial charge in [0.15, 0.2) is 5.65 Å². The first kappa shape index (κ1) is 24.3. The van der Waals surface area contributed by atoms with Crippen molar-refractivity contribution >= 4 is 51.9 Å². The fraction of sp³-hybridized carbons (Fsp3) is 0.429. The molecule has 34 heavy (non-hydrogen) atoms. The summed E-state index contributed by atoms with van der Waals surface area (Å²) in [6.07, 6.45) is -0.887. The number of imidazole rings is 1. The molecule has 1 aliphatic rings. The molecule has 1 fully saturated rings. The second kappa shape index (κ2) is 9.83. The van der Waals surface area contributed by atoms with Crippen LogP contribution in [0.1, 0.15) is 43.0 Å². The lowest BCUT2D eigenvalue weighted by molar-refractivity contribution is -0.182. The van der Waals surface area contributed by atoms with Crippen LogP contribution < -0.4 is 15.4 Å². The summed E-state index contributed by atoms with van der Waals surface area (Å²) in [5, 5.41) is 6.36. The van der Waals surface area contributed by atoms with E-state index in [2.05, 4.69) is 30.6 Å². The third kappa shape index (κ3) is 5.30. The molecule has 1 amide bonds. The highest BCUT2D eigenvalue weighted by Gasteiger charge is 2.41. The Kier molecular flexibility index (Phi) is 7.04. The number of fused-ring (bicyclic) bond motifs is 1. The zero-order chi connectivity index (χ0) is 24.5. The number of carbonyl (C=O) groups excluding carboxylic acids is 1. The van der Waals surface area contributed by atoms with Crippen LogP contribution in [0.5, 0.6) is 5.88 Å². The van der Waals surface area contributed by atoms with Crippen LogP contribution in [0.3, 0.4) is 0 Å². The SMILES string of the molecule is CCOc1nc2[nH]c(Nc3c(Cl)cncc3Cl)nc2cc1C(=O)N[C@H]1CC[C@H](C(F)(F)F)CC1. The van der Waals surface area contributed by atoms with E-state index in [-0.39, 0.29) is 65.8 Å². The quantitative estimate of drug-likeness (QED) is 0.390. The van der Waals surface area contributed by atoms with Crippen LogP contribution in [-0.2, 0) is 0 Å². The first-order valence-corrected chi connectivity index (χ1v) is 11.4. The van der Waals surface area contributed by atoms with Crippen LogP contribution >= 0.6 is 23.2 Å². The van der Waals surface area contributed by atoms with Crippen LogP contribution in [0.25, 0.3) is 11.2 Å². The topological polar surface area (TPSA) is 105 Å². The van der Waals surface area contributed by atoms with Crippen molar-refractivity contribution in [3.05, 3.63) is 34.1 Å². The van der Waals surface area contributed by atoms with Gasteiger partial charge >= 0.3 is 6.18 Å². The highest BCUT2D eigenvalue weighted by atomic mass is 35.5. The van der Waals surface area contributed by atoms with Crippen LogP contribution in [0, 0.1) is 5.92 Å². The average Bonchev–Trinajstić information content (AvgIpc) is 3.17. The molecule has 13 heteroatoms. The van der Waals surface area contributed by atoms with E-state index in [9.17, 15) is 18.0 Å². The third-order valence-electron chi connectivity index (χ3n) is 5.58. The van der Waals surface area contributed by atoms with E-state index in [4.69, 9.17) is 27.9 Å². The van der Waals surface area contributed by atoms with Gasteiger partial charge in [-0.3, -0.25) is 9.78 Å². The molecule has 4 rings (SSSR count). The van der Waals surface area contributed by atoms with Crippen LogP contribution in [0.15, 0.2) is 18.5 Å². The molecule has 3 aromatic rings. The normalized spacial score (nSPS) is 18.6. The number of nitrogens with one attached hydrogen (secondary N) is 3. The summed E-state index contributed by atoms with van der Waals surface area (Å²) < 4.78 is 44.3. The lowest BCUT2D eigenvalue weighted by atomic mass is 9.85. The minimum atomic E-state index is -4.21. The number of rotatable bonds is 6. The van der Waals surface area contributed by atoms with Gasteiger partial charge in [0.25, 0.3) is 5.91 Å². The number of halogens is 5. The molecular weight excluding hydrogens is 496 g/mol. The number of nitrogens with zero attached hydrogens (tertiary/aromatic N) is 3. The number of hydrogen-bond acceptors (Lipinski definition) is 6. The van der Waals surface area contributed by atoms with Gasteiger partial charge in [0.05, 0.1) is 28.3 Å². The Bertz CT molecular complexity index is 1170. The molecule has 8 nitrogen and oxygen atoms in total. The van der Waals surface area contributed by atoms with Crippen LogP contribution in [0.2, 0.25) is 10.0 Å². The number of aromatic nitrogens is 4. The Morgan fingerprint density at radius 1 is 1.18 bits per heavy atom. The standard InChI is InChI=1S/C21H21Cl2F3N6O2/c1-2-34-19-12(18(33)28-11-5-3-10(4-6-11)21(24,25)26)7-15-17(31-19)32-20(29-15)30-16-13(22)8-27-9-14(16)23/h7-11H,2-6H2,1H3,(H,28,33)(H2,27,29,30,31,32)/t10-,11-. The van der Waals surface area contributed by atoms with Gasteiger partial charge in [0.1, 0.15) is 11.1 Å². The largest absolute Gasteiger partial charge is 0.477 e. The molecule has 3 heterocycles. The van der Waals surface area contributed by atoms with Crippen molar-refractivity contribution in [3.63, 3.8) is 0 Å². The lowest BCUT2D eigenvalue weighted by Gasteiger charge is -2.30. The smallest absolute Gasteiger partial charge is 0.391 e. The molecule has 3 aromatic heterocycles. The number of carbonyl (C=O) groups is 1. The Balaban J connectivity index is 1.55. The number of anilines is 2.